The molecule has 0 aliphatic carbocycles. The lowest BCUT2D eigenvalue weighted by Crippen LogP contribution is -2.28. The Morgan fingerprint density at radius 2 is 1.70 bits per heavy atom. The molecule has 134 valence electrons. The van der Waals surface area contributed by atoms with Gasteiger partial charge in [0.05, 0.1) is 11.8 Å². The fraction of sp³-hybridized carbons (Fsp3) is 0.105. The number of benzene rings is 2. The summed E-state index contributed by atoms with van der Waals surface area (Å²) in [7, 11) is 0. The van der Waals surface area contributed by atoms with Crippen LogP contribution in [-0.2, 0) is 4.79 Å². The van der Waals surface area contributed by atoms with Gasteiger partial charge < -0.3 is 10.6 Å². The molecule has 8 heteroatoms. The van der Waals surface area contributed by atoms with Crippen molar-refractivity contribution < 1.29 is 9.59 Å². The minimum atomic E-state index is -1.09. The molecule has 0 fully saturated rings. The summed E-state index contributed by atoms with van der Waals surface area (Å²) in [5.41, 5.74) is 1.22. The Balaban J connectivity index is 1.96. The van der Waals surface area contributed by atoms with Crippen LogP contribution < -0.4 is 10.6 Å². The van der Waals surface area contributed by atoms with Crippen LogP contribution in [0.4, 0.5) is 5.82 Å². The van der Waals surface area contributed by atoms with E-state index in [9.17, 15) is 14.9 Å². The molecule has 1 unspecified atom stereocenters. The summed E-state index contributed by atoms with van der Waals surface area (Å²) >= 11 is 0. The maximum atomic E-state index is 12.4. The van der Waals surface area contributed by atoms with Crippen molar-refractivity contribution in [3.8, 4) is 11.8 Å². The highest BCUT2D eigenvalue weighted by molar-refractivity contribution is 5.95. The van der Waals surface area contributed by atoms with E-state index in [1.54, 1.807) is 42.5 Å². The molecule has 0 spiro atoms. The molecule has 2 aromatic carbocycles. The van der Waals surface area contributed by atoms with Gasteiger partial charge in [-0.2, -0.15) is 9.94 Å². The number of nitriles is 1. The first-order valence-electron chi connectivity index (χ1n) is 8.14. The fourth-order valence-corrected chi connectivity index (χ4v) is 2.49. The van der Waals surface area contributed by atoms with E-state index < -0.39 is 11.9 Å². The zero-order valence-electron chi connectivity index (χ0n) is 14.5. The number of carbonyl (C=O) groups excluding carboxylic acids is 2. The van der Waals surface area contributed by atoms with Gasteiger partial charge in [0, 0.05) is 12.5 Å². The van der Waals surface area contributed by atoms with Gasteiger partial charge in [0.1, 0.15) is 5.69 Å². The van der Waals surface area contributed by atoms with Gasteiger partial charge in [-0.15, -0.1) is 5.10 Å². The zero-order valence-corrected chi connectivity index (χ0v) is 14.5. The van der Waals surface area contributed by atoms with Crippen LogP contribution in [0.2, 0.25) is 0 Å². The minimum absolute atomic E-state index is 0.154. The second-order valence-electron chi connectivity index (χ2n) is 5.65. The van der Waals surface area contributed by atoms with Gasteiger partial charge in [-0.05, 0) is 24.3 Å². The first-order chi connectivity index (χ1) is 13.1. The Hall–Kier alpha value is -3.99. The Morgan fingerprint density at radius 3 is 2.30 bits per heavy atom. The number of aromatic nitrogens is 3. The molecule has 2 amide bonds. The first kappa shape index (κ1) is 17.8. The summed E-state index contributed by atoms with van der Waals surface area (Å²) in [5, 5.41) is 22.9. The third kappa shape index (κ3) is 3.99. The second-order valence-corrected chi connectivity index (χ2v) is 5.65. The van der Waals surface area contributed by atoms with Gasteiger partial charge in [-0.25, -0.2) is 0 Å². The highest BCUT2D eigenvalue weighted by Gasteiger charge is 2.25. The third-order valence-corrected chi connectivity index (χ3v) is 3.71. The Kier molecular flexibility index (Phi) is 5.23. The van der Waals surface area contributed by atoms with E-state index in [1.807, 2.05) is 24.3 Å². The van der Waals surface area contributed by atoms with Gasteiger partial charge in [-0.1, -0.05) is 41.6 Å². The predicted octanol–water partition coefficient (Wildman–Crippen LogP) is 2.22. The van der Waals surface area contributed by atoms with E-state index in [-0.39, 0.29) is 17.4 Å². The van der Waals surface area contributed by atoms with Crippen molar-refractivity contribution in [2.45, 2.75) is 13.0 Å². The van der Waals surface area contributed by atoms with Crippen LogP contribution in [0.15, 0.2) is 60.7 Å². The van der Waals surface area contributed by atoms with Crippen LogP contribution in [0.1, 0.15) is 29.0 Å². The number of amides is 2. The molecule has 3 aromatic rings. The smallest absolute Gasteiger partial charge is 0.252 e. The molecular formula is C19H16N6O2. The summed E-state index contributed by atoms with van der Waals surface area (Å²) in [6.45, 7) is 1.34. The number of para-hydroxylation sites is 1. The van der Waals surface area contributed by atoms with Crippen molar-refractivity contribution in [1.82, 2.24) is 20.3 Å². The Morgan fingerprint density at radius 1 is 1.07 bits per heavy atom. The molecule has 1 heterocycles. The minimum Gasteiger partial charge on any atom is -0.331 e. The van der Waals surface area contributed by atoms with Crippen LogP contribution in [-0.4, -0.2) is 26.8 Å². The molecule has 3 rings (SSSR count). The molecule has 8 nitrogen and oxygen atoms in total. The van der Waals surface area contributed by atoms with Gasteiger partial charge in [-0.3, -0.25) is 9.59 Å². The monoisotopic (exact) mass is 360 g/mol. The van der Waals surface area contributed by atoms with Crippen LogP contribution in [0.3, 0.4) is 0 Å². The number of rotatable bonds is 5. The predicted molar refractivity (Wildman–Crippen MR) is 97.9 cm³/mol. The van der Waals surface area contributed by atoms with Crippen LogP contribution >= 0.6 is 0 Å². The average molecular weight is 360 g/mol. The Labute approximate surface area is 155 Å². The van der Waals surface area contributed by atoms with E-state index in [1.165, 1.54) is 11.6 Å². The number of nitrogens with zero attached hydrogens (tertiary/aromatic N) is 4. The molecule has 0 bridgehead atoms. The van der Waals surface area contributed by atoms with Crippen LogP contribution in [0, 0.1) is 11.3 Å². The standard InChI is InChI=1S/C19H16N6O2/c1-13(26)21-18-17(23-24-25(18)15-10-6-3-7-11-15)16(12-20)22-19(27)14-8-4-2-5-9-14/h2-11,16H,1H3,(H,21,26)(H,22,27). The molecule has 0 radical (unpaired) electrons. The zero-order chi connectivity index (χ0) is 19.2. The van der Waals surface area contributed by atoms with E-state index in [0.29, 0.717) is 11.3 Å². The normalized spacial score (nSPS) is 11.3. The third-order valence-electron chi connectivity index (χ3n) is 3.71. The van der Waals surface area contributed by atoms with E-state index in [0.717, 1.165) is 0 Å². The maximum Gasteiger partial charge on any atom is 0.252 e. The molecule has 2 N–H and O–H groups in total. The fourth-order valence-electron chi connectivity index (χ4n) is 2.49. The molecule has 0 saturated heterocycles. The largest absolute Gasteiger partial charge is 0.331 e. The molecule has 27 heavy (non-hydrogen) atoms. The lowest BCUT2D eigenvalue weighted by molar-refractivity contribution is -0.114. The summed E-state index contributed by atoms with van der Waals surface area (Å²) in [4.78, 5) is 24.0. The van der Waals surface area contributed by atoms with Crippen molar-refractivity contribution in [3.63, 3.8) is 0 Å². The molecule has 0 aliphatic rings. The average Bonchev–Trinajstić information content (AvgIpc) is 3.10. The first-order valence-corrected chi connectivity index (χ1v) is 8.14. The van der Waals surface area contributed by atoms with Crippen molar-refractivity contribution in [1.29, 1.82) is 5.26 Å². The van der Waals surface area contributed by atoms with Crippen molar-refractivity contribution in [2.24, 2.45) is 0 Å². The van der Waals surface area contributed by atoms with E-state index >= 15 is 0 Å². The molecule has 0 saturated carbocycles. The lowest BCUT2D eigenvalue weighted by Gasteiger charge is -2.13. The topological polar surface area (TPSA) is 113 Å². The van der Waals surface area contributed by atoms with Crippen LogP contribution in [0.5, 0.6) is 0 Å². The molecule has 1 atom stereocenters. The van der Waals surface area contributed by atoms with E-state index in [4.69, 9.17) is 0 Å². The summed E-state index contributed by atoms with van der Waals surface area (Å²) in [6, 6.07) is 18.5. The highest BCUT2D eigenvalue weighted by Crippen LogP contribution is 2.24. The van der Waals surface area contributed by atoms with Gasteiger partial charge in [0.25, 0.3) is 5.91 Å². The molecule has 1 aromatic heterocycles. The van der Waals surface area contributed by atoms with Crippen molar-refractivity contribution in [3.05, 3.63) is 71.9 Å². The summed E-state index contributed by atoms with van der Waals surface area (Å²) in [6.07, 6.45) is 0. The number of carbonyl (C=O) groups is 2. The quantitative estimate of drug-likeness (QED) is 0.724. The molecular weight excluding hydrogens is 344 g/mol. The van der Waals surface area contributed by atoms with Gasteiger partial charge in [0.15, 0.2) is 11.9 Å². The van der Waals surface area contributed by atoms with Crippen molar-refractivity contribution in [2.75, 3.05) is 5.32 Å². The van der Waals surface area contributed by atoms with Gasteiger partial charge >= 0.3 is 0 Å². The highest BCUT2D eigenvalue weighted by atomic mass is 16.2. The Bertz CT molecular complexity index is 992. The maximum absolute atomic E-state index is 12.4. The second kappa shape index (κ2) is 7.93. The molecule has 0 aliphatic heterocycles. The summed E-state index contributed by atoms with van der Waals surface area (Å²) < 4.78 is 1.41. The van der Waals surface area contributed by atoms with Gasteiger partial charge in [0.2, 0.25) is 5.91 Å². The SMILES string of the molecule is CC(=O)Nc1c(C(C#N)NC(=O)c2ccccc2)nnn1-c1ccccc1. The number of anilines is 1. The number of hydrogen-bond acceptors (Lipinski definition) is 5. The number of nitrogens with one attached hydrogen (secondary N) is 2. The van der Waals surface area contributed by atoms with Crippen molar-refractivity contribution >= 4 is 17.6 Å². The lowest BCUT2D eigenvalue weighted by atomic mass is 10.1. The number of hydrogen-bond donors (Lipinski definition) is 2. The van der Waals surface area contributed by atoms with Crippen LogP contribution in [0.25, 0.3) is 5.69 Å². The summed E-state index contributed by atoms with van der Waals surface area (Å²) in [5.74, 6) is -0.541. The van der Waals surface area contributed by atoms with E-state index in [2.05, 4.69) is 20.9 Å².